The number of carboxylic acid groups (broad SMARTS) is 1. The van der Waals surface area contributed by atoms with Gasteiger partial charge in [0.15, 0.2) is 0 Å². The second-order valence-electron chi connectivity index (χ2n) is 4.46. The molecule has 1 aromatic carbocycles. The van der Waals surface area contributed by atoms with Crippen LogP contribution in [0.4, 0.5) is 0 Å². The van der Waals surface area contributed by atoms with Gasteiger partial charge in [0.1, 0.15) is 12.3 Å². The van der Waals surface area contributed by atoms with E-state index in [1.165, 1.54) is 19.2 Å². The van der Waals surface area contributed by atoms with E-state index in [2.05, 4.69) is 0 Å². The second-order valence-corrected chi connectivity index (χ2v) is 6.40. The van der Waals surface area contributed by atoms with E-state index >= 15 is 0 Å². The first-order chi connectivity index (χ1) is 10.2. The van der Waals surface area contributed by atoms with Crippen molar-refractivity contribution in [2.75, 3.05) is 20.2 Å². The smallest absolute Gasteiger partial charge is 0.318 e. The molecule has 0 aliphatic heterocycles. The summed E-state index contributed by atoms with van der Waals surface area (Å²) in [7, 11) is -2.73. The Morgan fingerprint density at radius 1 is 1.36 bits per heavy atom. The van der Waals surface area contributed by atoms with Gasteiger partial charge in [-0.3, -0.25) is 9.59 Å². The van der Waals surface area contributed by atoms with E-state index in [0.29, 0.717) is 6.42 Å². The number of nitrogens with two attached hydrogens (primary N) is 1. The van der Waals surface area contributed by atoms with Crippen molar-refractivity contribution >= 4 is 21.9 Å². The van der Waals surface area contributed by atoms with Crippen LogP contribution in [0.2, 0.25) is 0 Å². The van der Waals surface area contributed by atoms with E-state index in [1.54, 1.807) is 6.92 Å². The van der Waals surface area contributed by atoms with Gasteiger partial charge in [-0.25, -0.2) is 8.42 Å². The molecule has 0 aliphatic rings. The predicted octanol–water partition coefficient (Wildman–Crippen LogP) is 0.279. The van der Waals surface area contributed by atoms with Crippen molar-refractivity contribution in [2.45, 2.75) is 18.2 Å². The Bertz CT molecular complexity index is 671. The van der Waals surface area contributed by atoms with Gasteiger partial charge in [0.25, 0.3) is 5.91 Å². The number of amides is 1. The van der Waals surface area contributed by atoms with Crippen molar-refractivity contribution < 1.29 is 27.9 Å². The highest BCUT2D eigenvalue weighted by Crippen LogP contribution is 2.24. The monoisotopic (exact) mass is 330 g/mol. The van der Waals surface area contributed by atoms with Gasteiger partial charge in [-0.2, -0.15) is 4.31 Å². The molecule has 0 atom stereocenters. The minimum atomic E-state index is -4.05. The van der Waals surface area contributed by atoms with E-state index in [-0.39, 0.29) is 22.8 Å². The number of methoxy groups -OCH3 is 1. The van der Waals surface area contributed by atoms with Crippen molar-refractivity contribution in [2.24, 2.45) is 5.73 Å². The van der Waals surface area contributed by atoms with Crippen LogP contribution in [0.3, 0.4) is 0 Å². The van der Waals surface area contributed by atoms with E-state index in [4.69, 9.17) is 15.6 Å². The third-order valence-corrected chi connectivity index (χ3v) is 4.70. The Labute approximate surface area is 128 Å². The van der Waals surface area contributed by atoms with Crippen LogP contribution in [-0.4, -0.2) is 49.9 Å². The fourth-order valence-electron chi connectivity index (χ4n) is 1.87. The van der Waals surface area contributed by atoms with Gasteiger partial charge in [0.05, 0.1) is 17.6 Å². The standard InChI is InChI=1S/C13H18N2O6S/c1-3-6-15(8-12(16)17)22(19,20)9-4-5-11(21-2)10(7-9)13(14)18/h4-5,7H,3,6,8H2,1-2H3,(H2,14,18)(H,16,17). The molecule has 0 saturated heterocycles. The fraction of sp³-hybridized carbons (Fsp3) is 0.385. The van der Waals surface area contributed by atoms with Gasteiger partial charge in [-0.15, -0.1) is 0 Å². The molecule has 1 amide bonds. The number of rotatable bonds is 8. The minimum Gasteiger partial charge on any atom is -0.496 e. The molecule has 0 unspecified atom stereocenters. The van der Waals surface area contributed by atoms with Crippen LogP contribution in [0.25, 0.3) is 0 Å². The molecule has 0 radical (unpaired) electrons. The van der Waals surface area contributed by atoms with Crippen LogP contribution in [0, 0.1) is 0 Å². The zero-order valence-electron chi connectivity index (χ0n) is 12.3. The predicted molar refractivity (Wildman–Crippen MR) is 78.2 cm³/mol. The summed E-state index contributed by atoms with van der Waals surface area (Å²) < 4.78 is 30.8. The number of hydrogen-bond donors (Lipinski definition) is 2. The maximum Gasteiger partial charge on any atom is 0.318 e. The molecule has 1 aromatic rings. The number of nitrogens with zero attached hydrogens (tertiary/aromatic N) is 1. The number of benzene rings is 1. The minimum absolute atomic E-state index is 0.0482. The summed E-state index contributed by atoms with van der Waals surface area (Å²) in [5.74, 6) is -1.96. The maximum absolute atomic E-state index is 12.5. The Morgan fingerprint density at radius 3 is 2.45 bits per heavy atom. The number of carbonyl (C=O) groups excluding carboxylic acids is 1. The molecule has 0 aliphatic carbocycles. The highest BCUT2D eigenvalue weighted by atomic mass is 32.2. The van der Waals surface area contributed by atoms with Crippen molar-refractivity contribution in [3.63, 3.8) is 0 Å². The van der Waals surface area contributed by atoms with E-state index in [1.807, 2.05) is 0 Å². The average molecular weight is 330 g/mol. The van der Waals surface area contributed by atoms with Gasteiger partial charge in [-0.05, 0) is 24.6 Å². The van der Waals surface area contributed by atoms with E-state index in [9.17, 15) is 18.0 Å². The molecule has 0 fully saturated rings. The lowest BCUT2D eigenvalue weighted by molar-refractivity contribution is -0.137. The zero-order chi connectivity index (χ0) is 16.9. The Hall–Kier alpha value is -2.13. The maximum atomic E-state index is 12.5. The summed E-state index contributed by atoms with van der Waals surface area (Å²) in [6.07, 6.45) is 0.450. The number of sulfonamides is 1. The van der Waals surface area contributed by atoms with E-state index < -0.39 is 28.4 Å². The molecule has 9 heteroatoms. The zero-order valence-corrected chi connectivity index (χ0v) is 13.1. The lowest BCUT2D eigenvalue weighted by Crippen LogP contribution is -2.36. The first kappa shape index (κ1) is 17.9. The van der Waals surface area contributed by atoms with Gasteiger partial charge >= 0.3 is 5.97 Å². The highest BCUT2D eigenvalue weighted by molar-refractivity contribution is 7.89. The molecule has 22 heavy (non-hydrogen) atoms. The van der Waals surface area contributed by atoms with Gasteiger partial charge < -0.3 is 15.6 Å². The first-order valence-corrected chi connectivity index (χ1v) is 7.87. The number of carbonyl (C=O) groups is 2. The number of aliphatic carboxylic acids is 1. The van der Waals surface area contributed by atoms with Crippen molar-refractivity contribution in [1.82, 2.24) is 4.31 Å². The third kappa shape index (κ3) is 3.95. The highest BCUT2D eigenvalue weighted by Gasteiger charge is 2.27. The largest absolute Gasteiger partial charge is 0.496 e. The molecule has 0 aromatic heterocycles. The van der Waals surface area contributed by atoms with Crippen LogP contribution in [0.15, 0.2) is 23.1 Å². The molecule has 0 spiro atoms. The molecule has 0 saturated carbocycles. The number of hydrogen-bond acceptors (Lipinski definition) is 5. The molecule has 122 valence electrons. The number of primary amides is 1. The topological polar surface area (TPSA) is 127 Å². The first-order valence-electron chi connectivity index (χ1n) is 6.43. The van der Waals surface area contributed by atoms with Crippen LogP contribution in [0.5, 0.6) is 5.75 Å². The Morgan fingerprint density at radius 2 is 2.00 bits per heavy atom. The lowest BCUT2D eigenvalue weighted by Gasteiger charge is -2.20. The lowest BCUT2D eigenvalue weighted by atomic mass is 10.2. The van der Waals surface area contributed by atoms with Crippen molar-refractivity contribution in [1.29, 1.82) is 0 Å². The molecule has 8 nitrogen and oxygen atoms in total. The summed E-state index contributed by atoms with van der Waals surface area (Å²) in [5.41, 5.74) is 5.11. The molecule has 0 heterocycles. The quantitative estimate of drug-likeness (QED) is 0.705. The second kappa shape index (κ2) is 7.23. The number of carboxylic acids is 1. The molecular formula is C13H18N2O6S. The third-order valence-electron chi connectivity index (χ3n) is 2.86. The molecular weight excluding hydrogens is 312 g/mol. The summed E-state index contributed by atoms with van der Waals surface area (Å²) in [5, 5.41) is 8.85. The number of ether oxygens (including phenoxy) is 1. The molecule has 1 rings (SSSR count). The summed E-state index contributed by atoms with van der Waals surface area (Å²) in [4.78, 5) is 22.0. The van der Waals surface area contributed by atoms with Crippen LogP contribution >= 0.6 is 0 Å². The SMILES string of the molecule is CCCN(CC(=O)O)S(=O)(=O)c1ccc(OC)c(C(N)=O)c1. The van der Waals surface area contributed by atoms with Gasteiger partial charge in [0, 0.05) is 6.54 Å². The van der Waals surface area contributed by atoms with E-state index in [0.717, 1.165) is 10.4 Å². The Kier molecular flexibility index (Phi) is 5.89. The van der Waals surface area contributed by atoms with Crippen LogP contribution < -0.4 is 10.5 Å². The average Bonchev–Trinajstić information content (AvgIpc) is 2.45. The van der Waals surface area contributed by atoms with Crippen LogP contribution in [-0.2, 0) is 14.8 Å². The molecule has 0 bridgehead atoms. The van der Waals surface area contributed by atoms with Crippen LogP contribution in [0.1, 0.15) is 23.7 Å². The van der Waals surface area contributed by atoms with Gasteiger partial charge in [-0.1, -0.05) is 6.92 Å². The summed E-state index contributed by atoms with van der Waals surface area (Å²) >= 11 is 0. The normalized spacial score (nSPS) is 11.4. The van der Waals surface area contributed by atoms with Crippen molar-refractivity contribution in [3.05, 3.63) is 23.8 Å². The molecule has 3 N–H and O–H groups in total. The summed E-state index contributed by atoms with van der Waals surface area (Å²) in [6, 6.07) is 3.63. The van der Waals surface area contributed by atoms with Crippen molar-refractivity contribution in [3.8, 4) is 5.75 Å². The fourth-order valence-corrected chi connectivity index (χ4v) is 3.38. The summed E-state index contributed by atoms with van der Waals surface area (Å²) in [6.45, 7) is 1.12. The van der Waals surface area contributed by atoms with Gasteiger partial charge in [0.2, 0.25) is 10.0 Å². The Balaban J connectivity index is 3.34.